The smallest absolute Gasteiger partial charge is 0.176 e. The summed E-state index contributed by atoms with van der Waals surface area (Å²) in [6, 6.07) is 20.2. The van der Waals surface area contributed by atoms with Gasteiger partial charge in [-0.1, -0.05) is 30.3 Å². The Hall–Kier alpha value is -2.59. The summed E-state index contributed by atoms with van der Waals surface area (Å²) >= 11 is 2.27. The number of benzene rings is 2. The summed E-state index contributed by atoms with van der Waals surface area (Å²) in [5.74, 6) is 0.566. The van der Waals surface area contributed by atoms with Crippen LogP contribution in [0.25, 0.3) is 16.8 Å². The number of aromatic nitrogens is 1. The zero-order valence-corrected chi connectivity index (χ0v) is 15.8. The Labute approximate surface area is 160 Å². The van der Waals surface area contributed by atoms with E-state index >= 15 is 0 Å². The molecule has 25 heavy (non-hydrogen) atoms. The molecule has 0 saturated heterocycles. The standard InChI is InChI=1S/C20H16IN3O/c1-2-25-14-23-20-18(12-22)19(15-6-4-3-5-7-15)13-24(20)17-10-8-16(21)9-11-17/h3-11,13-14H,2H2,1H3/b23-14+. The van der Waals surface area contributed by atoms with Crippen LogP contribution in [0.2, 0.25) is 0 Å². The molecule has 0 N–H and O–H groups in total. The van der Waals surface area contributed by atoms with Gasteiger partial charge < -0.3 is 4.74 Å². The van der Waals surface area contributed by atoms with Crippen LogP contribution in [0.5, 0.6) is 0 Å². The molecule has 0 radical (unpaired) electrons. The number of halogens is 1. The minimum absolute atomic E-state index is 0.528. The van der Waals surface area contributed by atoms with Gasteiger partial charge in [-0.05, 0) is 59.3 Å². The fourth-order valence-corrected chi connectivity index (χ4v) is 2.89. The topological polar surface area (TPSA) is 50.3 Å². The third-order valence-corrected chi connectivity index (χ3v) is 4.42. The van der Waals surface area contributed by atoms with Gasteiger partial charge in [-0.2, -0.15) is 5.26 Å². The number of hydrogen-bond donors (Lipinski definition) is 0. The van der Waals surface area contributed by atoms with E-state index in [1.807, 2.05) is 72.3 Å². The van der Waals surface area contributed by atoms with Gasteiger partial charge in [0, 0.05) is 21.0 Å². The number of aliphatic imine (C=N–C) groups is 1. The van der Waals surface area contributed by atoms with Crippen LogP contribution in [0.15, 0.2) is 65.8 Å². The quantitative estimate of drug-likeness (QED) is 0.306. The molecule has 3 aromatic rings. The summed E-state index contributed by atoms with van der Waals surface area (Å²) in [5, 5.41) is 9.74. The van der Waals surface area contributed by atoms with E-state index in [2.05, 4.69) is 33.7 Å². The van der Waals surface area contributed by atoms with Crippen LogP contribution in [0, 0.1) is 14.9 Å². The summed E-state index contributed by atoms with van der Waals surface area (Å²) in [6.07, 6.45) is 3.35. The summed E-state index contributed by atoms with van der Waals surface area (Å²) in [6.45, 7) is 2.42. The van der Waals surface area contributed by atoms with Crippen molar-refractivity contribution in [2.24, 2.45) is 4.99 Å². The lowest BCUT2D eigenvalue weighted by Crippen LogP contribution is -1.93. The molecule has 0 amide bonds. The van der Waals surface area contributed by atoms with Crippen LogP contribution in [0.3, 0.4) is 0 Å². The van der Waals surface area contributed by atoms with Crippen LogP contribution in [-0.4, -0.2) is 17.6 Å². The van der Waals surface area contributed by atoms with Gasteiger partial charge in [0.15, 0.2) is 12.2 Å². The predicted octanol–water partition coefficient (Wildman–Crippen LogP) is 5.32. The van der Waals surface area contributed by atoms with E-state index in [4.69, 9.17) is 4.74 Å². The normalized spacial score (nSPS) is 10.8. The number of hydrogen-bond acceptors (Lipinski definition) is 3. The molecule has 0 spiro atoms. The third kappa shape index (κ3) is 3.74. The maximum absolute atomic E-state index is 9.74. The Morgan fingerprint density at radius 3 is 2.52 bits per heavy atom. The molecule has 4 nitrogen and oxygen atoms in total. The van der Waals surface area contributed by atoms with E-state index in [0.29, 0.717) is 18.0 Å². The van der Waals surface area contributed by atoms with Gasteiger partial charge in [-0.15, -0.1) is 0 Å². The van der Waals surface area contributed by atoms with E-state index in [0.717, 1.165) is 20.4 Å². The minimum atomic E-state index is 0.528. The van der Waals surface area contributed by atoms with Gasteiger partial charge in [0.25, 0.3) is 0 Å². The Balaban J connectivity index is 2.20. The highest BCUT2D eigenvalue weighted by Gasteiger charge is 2.17. The molecule has 0 unspecified atom stereocenters. The van der Waals surface area contributed by atoms with E-state index < -0.39 is 0 Å². The molecular formula is C20H16IN3O. The Morgan fingerprint density at radius 2 is 1.88 bits per heavy atom. The fourth-order valence-electron chi connectivity index (χ4n) is 2.53. The molecule has 0 fully saturated rings. The zero-order valence-electron chi connectivity index (χ0n) is 13.7. The average Bonchev–Trinajstić information content (AvgIpc) is 3.02. The first-order chi connectivity index (χ1) is 12.2. The lowest BCUT2D eigenvalue weighted by Gasteiger charge is -2.06. The first-order valence-corrected chi connectivity index (χ1v) is 8.93. The lowest BCUT2D eigenvalue weighted by molar-refractivity contribution is 0.344. The predicted molar refractivity (Wildman–Crippen MR) is 108 cm³/mol. The van der Waals surface area contributed by atoms with Crippen molar-refractivity contribution in [1.29, 1.82) is 5.26 Å². The zero-order chi connectivity index (χ0) is 17.6. The fraction of sp³-hybridized carbons (Fsp3) is 0.100. The molecule has 0 aliphatic carbocycles. The average molecular weight is 441 g/mol. The van der Waals surface area contributed by atoms with Crippen LogP contribution in [0.1, 0.15) is 12.5 Å². The first kappa shape index (κ1) is 17.2. The molecule has 0 bridgehead atoms. The van der Waals surface area contributed by atoms with Crippen LogP contribution < -0.4 is 0 Å². The van der Waals surface area contributed by atoms with Crippen molar-refractivity contribution < 1.29 is 4.74 Å². The third-order valence-electron chi connectivity index (χ3n) is 3.70. The number of ether oxygens (including phenoxy) is 1. The molecule has 2 aromatic carbocycles. The highest BCUT2D eigenvalue weighted by Crippen LogP contribution is 2.35. The van der Waals surface area contributed by atoms with Crippen LogP contribution in [-0.2, 0) is 4.74 Å². The molecule has 0 aliphatic heterocycles. The largest absolute Gasteiger partial charge is 0.483 e. The van der Waals surface area contributed by atoms with E-state index in [1.165, 1.54) is 6.40 Å². The second kappa shape index (κ2) is 7.99. The van der Waals surface area contributed by atoms with Crippen LogP contribution >= 0.6 is 22.6 Å². The molecule has 0 saturated carbocycles. The van der Waals surface area contributed by atoms with Gasteiger partial charge in [-0.3, -0.25) is 4.57 Å². The van der Waals surface area contributed by atoms with Crippen LogP contribution in [0.4, 0.5) is 5.82 Å². The summed E-state index contributed by atoms with van der Waals surface area (Å²) in [5.41, 5.74) is 3.31. The second-order valence-corrected chi connectivity index (χ2v) is 6.50. The molecule has 1 aromatic heterocycles. The van der Waals surface area contributed by atoms with Crippen molar-refractivity contribution in [3.63, 3.8) is 0 Å². The maximum atomic E-state index is 9.74. The number of nitriles is 1. The molecular weight excluding hydrogens is 425 g/mol. The number of nitrogens with zero attached hydrogens (tertiary/aromatic N) is 3. The summed E-state index contributed by atoms with van der Waals surface area (Å²) < 4.78 is 8.32. The molecule has 0 atom stereocenters. The molecule has 5 heteroatoms. The molecule has 124 valence electrons. The van der Waals surface area contributed by atoms with Crippen molar-refractivity contribution in [3.05, 3.63) is 69.9 Å². The molecule has 0 aliphatic rings. The van der Waals surface area contributed by atoms with Gasteiger partial charge in [0.2, 0.25) is 0 Å². The Kier molecular flexibility index (Phi) is 5.51. The summed E-state index contributed by atoms with van der Waals surface area (Å²) in [7, 11) is 0. The minimum Gasteiger partial charge on any atom is -0.483 e. The first-order valence-electron chi connectivity index (χ1n) is 7.85. The van der Waals surface area contributed by atoms with E-state index in [9.17, 15) is 5.26 Å². The second-order valence-electron chi connectivity index (χ2n) is 5.26. The number of rotatable bonds is 5. The van der Waals surface area contributed by atoms with Gasteiger partial charge >= 0.3 is 0 Å². The van der Waals surface area contributed by atoms with E-state index in [1.54, 1.807) is 0 Å². The monoisotopic (exact) mass is 441 g/mol. The highest BCUT2D eigenvalue weighted by molar-refractivity contribution is 14.1. The van der Waals surface area contributed by atoms with E-state index in [-0.39, 0.29) is 0 Å². The van der Waals surface area contributed by atoms with Gasteiger partial charge in [0.05, 0.1) is 6.61 Å². The van der Waals surface area contributed by atoms with Crippen molar-refractivity contribution in [3.8, 4) is 22.9 Å². The van der Waals surface area contributed by atoms with Gasteiger partial charge in [-0.25, -0.2) is 4.99 Å². The van der Waals surface area contributed by atoms with Crippen molar-refractivity contribution >= 4 is 34.8 Å². The Bertz CT molecular complexity index is 922. The van der Waals surface area contributed by atoms with Crippen molar-refractivity contribution in [1.82, 2.24) is 4.57 Å². The Morgan fingerprint density at radius 1 is 1.16 bits per heavy atom. The van der Waals surface area contributed by atoms with Crippen molar-refractivity contribution in [2.45, 2.75) is 6.92 Å². The molecule has 1 heterocycles. The molecule has 3 rings (SSSR count). The maximum Gasteiger partial charge on any atom is 0.176 e. The highest BCUT2D eigenvalue weighted by atomic mass is 127. The summed E-state index contributed by atoms with van der Waals surface area (Å²) in [4.78, 5) is 4.40. The SMILES string of the molecule is CCO/C=N/c1c(C#N)c(-c2ccccc2)cn1-c1ccc(I)cc1. The lowest BCUT2D eigenvalue weighted by atomic mass is 10.1. The van der Waals surface area contributed by atoms with Gasteiger partial charge in [0.1, 0.15) is 11.6 Å². The van der Waals surface area contributed by atoms with Crippen molar-refractivity contribution in [2.75, 3.05) is 6.61 Å².